The molecule has 10 heteroatoms. The Hall–Kier alpha value is -2.16. The molecule has 0 bridgehead atoms. The van der Waals surface area contributed by atoms with E-state index in [-0.39, 0.29) is 18.0 Å². The van der Waals surface area contributed by atoms with Crippen LogP contribution in [0.25, 0.3) is 0 Å². The van der Waals surface area contributed by atoms with Crippen LogP contribution in [0.1, 0.15) is 20.8 Å². The zero-order valence-electron chi connectivity index (χ0n) is 13.8. The van der Waals surface area contributed by atoms with Crippen LogP contribution in [0.15, 0.2) is 28.2 Å². The van der Waals surface area contributed by atoms with Crippen molar-refractivity contribution in [3.8, 4) is 0 Å². The van der Waals surface area contributed by atoms with E-state index in [0.29, 0.717) is 22.3 Å². The lowest BCUT2D eigenvalue weighted by atomic mass is 10.3. The fourth-order valence-electron chi connectivity index (χ4n) is 1.97. The van der Waals surface area contributed by atoms with Gasteiger partial charge in [-0.3, -0.25) is 24.6 Å². The largest absolute Gasteiger partial charge is 0.319 e. The first kappa shape index (κ1) is 19.2. The Kier molecular flexibility index (Phi) is 6.35. The van der Waals surface area contributed by atoms with Crippen molar-refractivity contribution < 1.29 is 14.4 Å². The molecule has 8 nitrogen and oxygen atoms in total. The number of hydrogen-bond donors (Lipinski definition) is 2. The van der Waals surface area contributed by atoms with Crippen molar-refractivity contribution in [2.24, 2.45) is 9.98 Å². The zero-order valence-corrected chi connectivity index (χ0v) is 15.4. The van der Waals surface area contributed by atoms with Crippen LogP contribution in [-0.2, 0) is 14.4 Å². The van der Waals surface area contributed by atoms with Crippen molar-refractivity contribution >= 4 is 52.6 Å². The minimum Gasteiger partial charge on any atom is -0.287 e. The number of halogens is 2. The van der Waals surface area contributed by atoms with Crippen LogP contribution >= 0.6 is 23.2 Å². The van der Waals surface area contributed by atoms with Gasteiger partial charge in [-0.05, 0) is 39.0 Å². The van der Waals surface area contributed by atoms with Gasteiger partial charge >= 0.3 is 11.8 Å². The molecule has 1 aromatic rings. The van der Waals surface area contributed by atoms with Gasteiger partial charge in [-0.25, -0.2) is 10.5 Å². The number of hydrogen-bond acceptors (Lipinski definition) is 4. The number of nitrogens with one attached hydrogen (secondary N) is 2. The minimum atomic E-state index is -0.752. The van der Waals surface area contributed by atoms with Crippen molar-refractivity contribution in [3.05, 3.63) is 28.2 Å². The Bertz CT molecular complexity index is 749. The number of rotatable bonds is 4. The zero-order chi connectivity index (χ0) is 18.6. The van der Waals surface area contributed by atoms with Crippen LogP contribution in [0.5, 0.6) is 0 Å². The molecule has 0 aromatic heterocycles. The van der Waals surface area contributed by atoms with E-state index >= 15 is 0 Å². The van der Waals surface area contributed by atoms with Gasteiger partial charge in [0, 0.05) is 6.04 Å². The average molecular weight is 386 g/mol. The summed E-state index contributed by atoms with van der Waals surface area (Å²) in [4.78, 5) is 38.3. The van der Waals surface area contributed by atoms with Crippen molar-refractivity contribution in [2.75, 3.05) is 6.61 Å². The molecule has 0 aliphatic carbocycles. The molecule has 1 fully saturated rings. The molecule has 0 saturated carbocycles. The maximum atomic E-state index is 11.9. The predicted molar refractivity (Wildman–Crippen MR) is 95.9 cm³/mol. The number of amides is 2. The molecule has 1 aliphatic rings. The standard InChI is InChI=1S/C15H17Cl2N5O3/c1-4-25-21-14(18-9-5-6-10(16)11(17)7-9)20-15-19-12(23)13(24)22(15)8(2)3/h5-8H,4H2,1-3H3,(H2,18,19,20,21,23). The molecule has 134 valence electrons. The second-order valence-electron chi connectivity index (χ2n) is 5.23. The molecule has 2 rings (SSSR count). The fourth-order valence-corrected chi connectivity index (χ4v) is 2.26. The number of carbonyl (C=O) groups is 2. The van der Waals surface area contributed by atoms with Crippen LogP contribution in [-0.4, -0.2) is 41.3 Å². The minimum absolute atomic E-state index is 0.0379. The van der Waals surface area contributed by atoms with E-state index in [0.717, 1.165) is 0 Å². The Morgan fingerprint density at radius 1 is 1.32 bits per heavy atom. The Balaban J connectivity index is 2.39. The average Bonchev–Trinajstić information content (AvgIpc) is 2.83. The number of hydroxylamine groups is 1. The summed E-state index contributed by atoms with van der Waals surface area (Å²) in [7, 11) is 0. The van der Waals surface area contributed by atoms with E-state index < -0.39 is 11.8 Å². The number of carbonyl (C=O) groups excluding carboxylic acids is 2. The number of benzene rings is 1. The SMILES string of the molecule is CCONC(=Nc1ccc(Cl)c(Cl)c1)N=C1NC(=O)C(=O)N1C(C)C. The smallest absolute Gasteiger partial charge is 0.287 e. The third-order valence-corrected chi connectivity index (χ3v) is 3.78. The lowest BCUT2D eigenvalue weighted by Gasteiger charge is -2.19. The second kappa shape index (κ2) is 8.28. The quantitative estimate of drug-likeness (QED) is 0.359. The lowest BCUT2D eigenvalue weighted by molar-refractivity contribution is -0.140. The highest BCUT2D eigenvalue weighted by Gasteiger charge is 2.37. The molecule has 1 saturated heterocycles. The summed E-state index contributed by atoms with van der Waals surface area (Å²) in [5.41, 5.74) is 3.03. The van der Waals surface area contributed by atoms with Gasteiger partial charge in [-0.15, -0.1) is 0 Å². The van der Waals surface area contributed by atoms with Crippen molar-refractivity contribution in [3.63, 3.8) is 0 Å². The van der Waals surface area contributed by atoms with Gasteiger partial charge in [0.25, 0.3) is 5.96 Å². The predicted octanol–water partition coefficient (Wildman–Crippen LogP) is 2.24. The summed E-state index contributed by atoms with van der Waals surface area (Å²) in [6, 6.07) is 4.52. The highest BCUT2D eigenvalue weighted by atomic mass is 35.5. The topological polar surface area (TPSA) is 95.4 Å². The van der Waals surface area contributed by atoms with Gasteiger partial charge in [0.05, 0.1) is 22.3 Å². The molecule has 0 unspecified atom stereocenters. The maximum Gasteiger partial charge on any atom is 0.319 e. The van der Waals surface area contributed by atoms with E-state index in [1.165, 1.54) is 4.90 Å². The van der Waals surface area contributed by atoms with Crippen molar-refractivity contribution in [2.45, 2.75) is 26.8 Å². The Morgan fingerprint density at radius 3 is 2.64 bits per heavy atom. The van der Waals surface area contributed by atoms with Gasteiger partial charge in [-0.1, -0.05) is 23.2 Å². The summed E-state index contributed by atoms with van der Waals surface area (Å²) in [5.74, 6) is -1.33. The van der Waals surface area contributed by atoms with Gasteiger partial charge in [-0.2, -0.15) is 4.99 Å². The van der Waals surface area contributed by atoms with Crippen LogP contribution in [0, 0.1) is 0 Å². The molecule has 2 amide bonds. The summed E-state index contributed by atoms with van der Waals surface area (Å²) in [5, 5.41) is 3.14. The summed E-state index contributed by atoms with van der Waals surface area (Å²) in [6.45, 7) is 5.65. The Morgan fingerprint density at radius 2 is 2.04 bits per heavy atom. The number of guanidine groups is 2. The van der Waals surface area contributed by atoms with Crippen LogP contribution < -0.4 is 10.8 Å². The lowest BCUT2D eigenvalue weighted by Crippen LogP contribution is -2.39. The summed E-state index contributed by atoms with van der Waals surface area (Å²) >= 11 is 11.9. The molecule has 2 N–H and O–H groups in total. The molecule has 0 atom stereocenters. The first-order chi connectivity index (χ1) is 11.8. The van der Waals surface area contributed by atoms with Crippen molar-refractivity contribution in [1.29, 1.82) is 0 Å². The summed E-state index contributed by atoms with van der Waals surface area (Å²) in [6.07, 6.45) is 0. The first-order valence-corrected chi connectivity index (χ1v) is 8.23. The number of aliphatic imine (C=N–C) groups is 2. The molecular formula is C15H17Cl2N5O3. The third-order valence-electron chi connectivity index (χ3n) is 3.04. The highest BCUT2D eigenvalue weighted by molar-refractivity contribution is 6.46. The van der Waals surface area contributed by atoms with Crippen LogP contribution in [0.3, 0.4) is 0 Å². The van der Waals surface area contributed by atoms with Crippen LogP contribution in [0.2, 0.25) is 10.0 Å². The van der Waals surface area contributed by atoms with Gasteiger partial charge in [0.2, 0.25) is 5.96 Å². The van der Waals surface area contributed by atoms with Crippen LogP contribution in [0.4, 0.5) is 5.69 Å². The van der Waals surface area contributed by atoms with Gasteiger partial charge in [0.15, 0.2) is 0 Å². The molecule has 25 heavy (non-hydrogen) atoms. The second-order valence-corrected chi connectivity index (χ2v) is 6.04. The van der Waals surface area contributed by atoms with E-state index in [2.05, 4.69) is 20.8 Å². The molecule has 1 aliphatic heterocycles. The molecule has 1 aromatic carbocycles. The van der Waals surface area contributed by atoms with E-state index in [1.807, 2.05) is 0 Å². The van der Waals surface area contributed by atoms with E-state index in [4.69, 9.17) is 28.0 Å². The van der Waals surface area contributed by atoms with Gasteiger partial charge in [0.1, 0.15) is 0 Å². The molecule has 1 heterocycles. The van der Waals surface area contributed by atoms with E-state index in [1.54, 1.807) is 39.0 Å². The number of nitrogens with zero attached hydrogens (tertiary/aromatic N) is 3. The Labute approximate surface area is 154 Å². The highest BCUT2D eigenvalue weighted by Crippen LogP contribution is 2.26. The third kappa shape index (κ3) is 4.68. The van der Waals surface area contributed by atoms with Crippen molar-refractivity contribution in [1.82, 2.24) is 15.7 Å². The normalized spacial score (nSPS) is 16.8. The molecule has 0 radical (unpaired) electrons. The summed E-state index contributed by atoms with van der Waals surface area (Å²) < 4.78 is 0. The molecular weight excluding hydrogens is 369 g/mol. The maximum absolute atomic E-state index is 11.9. The monoisotopic (exact) mass is 385 g/mol. The fraction of sp³-hybridized carbons (Fsp3) is 0.333. The molecule has 0 spiro atoms. The van der Waals surface area contributed by atoms with Gasteiger partial charge < -0.3 is 0 Å². The first-order valence-electron chi connectivity index (χ1n) is 7.48. The van der Waals surface area contributed by atoms with E-state index in [9.17, 15) is 9.59 Å².